The summed E-state index contributed by atoms with van der Waals surface area (Å²) in [6.45, 7) is 3.20. The topological polar surface area (TPSA) is 64.1 Å². The van der Waals surface area contributed by atoms with E-state index in [0.29, 0.717) is 17.1 Å². The van der Waals surface area contributed by atoms with Crippen LogP contribution in [-0.4, -0.2) is 11.5 Å². The largest absolute Gasteiger partial charge is 0.423 e. The molecule has 1 heterocycles. The van der Waals surface area contributed by atoms with E-state index >= 15 is 0 Å². The van der Waals surface area contributed by atoms with Crippen LogP contribution in [0, 0.1) is 5.41 Å². The number of hydrogen-bond donors (Lipinski definition) is 2. The Hall–Kier alpha value is -1.71. The molecule has 0 amide bonds. The van der Waals surface area contributed by atoms with E-state index in [4.69, 9.17) is 10.2 Å². The molecule has 0 radical (unpaired) electrons. The number of para-hydroxylation sites is 1. The van der Waals surface area contributed by atoms with Gasteiger partial charge in [-0.15, -0.1) is 0 Å². The highest BCUT2D eigenvalue weighted by atomic mass is 16.4. The van der Waals surface area contributed by atoms with Crippen LogP contribution in [0.15, 0.2) is 22.6 Å². The number of benzene rings is 1. The zero-order chi connectivity index (χ0) is 12.6. The first-order valence-electron chi connectivity index (χ1n) is 6.61. The Kier molecular flexibility index (Phi) is 2.65. The van der Waals surface area contributed by atoms with Gasteiger partial charge in [0.2, 0.25) is 0 Å². The Morgan fingerprint density at radius 1 is 1.44 bits per heavy atom. The molecule has 0 unspecified atom stereocenters. The Labute approximate surface area is 107 Å². The fraction of sp³-hybridized carbons (Fsp3) is 0.500. The van der Waals surface area contributed by atoms with Crippen molar-refractivity contribution in [2.75, 3.05) is 17.6 Å². The van der Waals surface area contributed by atoms with Gasteiger partial charge in [-0.2, -0.15) is 4.98 Å². The summed E-state index contributed by atoms with van der Waals surface area (Å²) in [5, 5.41) is 3.32. The Morgan fingerprint density at radius 2 is 2.28 bits per heavy atom. The van der Waals surface area contributed by atoms with Crippen LogP contribution in [0.3, 0.4) is 0 Å². The average Bonchev–Trinajstić information content (AvgIpc) is 2.73. The van der Waals surface area contributed by atoms with Gasteiger partial charge in [0.1, 0.15) is 5.52 Å². The van der Waals surface area contributed by atoms with Gasteiger partial charge in [0, 0.05) is 6.54 Å². The minimum atomic E-state index is 0.451. The predicted octanol–water partition coefficient (Wildman–Crippen LogP) is 3.40. The van der Waals surface area contributed by atoms with Gasteiger partial charge in [0.05, 0.1) is 5.69 Å². The van der Waals surface area contributed by atoms with Gasteiger partial charge in [-0.25, -0.2) is 0 Å². The molecule has 1 aromatic carbocycles. The Morgan fingerprint density at radius 3 is 2.89 bits per heavy atom. The highest BCUT2D eigenvalue weighted by molar-refractivity contribution is 5.86. The van der Waals surface area contributed by atoms with Crippen molar-refractivity contribution in [2.45, 2.75) is 32.6 Å². The summed E-state index contributed by atoms with van der Waals surface area (Å²) in [4.78, 5) is 4.41. The number of nitrogens with one attached hydrogen (secondary N) is 1. The second kappa shape index (κ2) is 4.19. The number of nitrogens with two attached hydrogens (primary N) is 1. The summed E-state index contributed by atoms with van der Waals surface area (Å²) in [6.07, 6.45) is 5.16. The van der Waals surface area contributed by atoms with E-state index in [2.05, 4.69) is 17.2 Å². The van der Waals surface area contributed by atoms with E-state index in [0.717, 1.165) is 17.6 Å². The minimum absolute atomic E-state index is 0.451. The van der Waals surface area contributed by atoms with Crippen molar-refractivity contribution in [3.63, 3.8) is 0 Å². The number of nitrogens with zero attached hydrogens (tertiary/aromatic N) is 1. The SMILES string of the molecule is CCC1(CNc2nc3c(N)cccc3o2)CCC1. The highest BCUT2D eigenvalue weighted by Crippen LogP contribution is 2.43. The fourth-order valence-corrected chi connectivity index (χ4v) is 2.64. The summed E-state index contributed by atoms with van der Waals surface area (Å²) in [5.41, 5.74) is 8.48. The lowest BCUT2D eigenvalue weighted by atomic mass is 9.67. The molecule has 0 saturated heterocycles. The van der Waals surface area contributed by atoms with Crippen LogP contribution in [0.1, 0.15) is 32.6 Å². The van der Waals surface area contributed by atoms with E-state index < -0.39 is 0 Å². The monoisotopic (exact) mass is 245 g/mol. The van der Waals surface area contributed by atoms with Crippen LogP contribution >= 0.6 is 0 Å². The molecule has 0 spiro atoms. The second-order valence-electron chi connectivity index (χ2n) is 5.27. The molecule has 1 aromatic heterocycles. The summed E-state index contributed by atoms with van der Waals surface area (Å²) in [6, 6.07) is 6.20. The molecular formula is C14H19N3O. The number of nitrogen functional groups attached to an aromatic ring is 1. The van der Waals surface area contributed by atoms with Gasteiger partial charge >= 0.3 is 0 Å². The molecule has 1 aliphatic rings. The van der Waals surface area contributed by atoms with Crippen molar-refractivity contribution in [2.24, 2.45) is 5.41 Å². The molecule has 0 bridgehead atoms. The standard InChI is InChI=1S/C14H19N3O/c1-2-14(7-4-8-14)9-16-13-17-12-10(15)5-3-6-11(12)18-13/h3,5-6H,2,4,7-9,15H2,1H3,(H,16,17). The van der Waals surface area contributed by atoms with Gasteiger partial charge in [0.25, 0.3) is 6.01 Å². The average molecular weight is 245 g/mol. The van der Waals surface area contributed by atoms with E-state index in [1.807, 2.05) is 18.2 Å². The summed E-state index contributed by atoms with van der Waals surface area (Å²) >= 11 is 0. The third-order valence-electron chi connectivity index (χ3n) is 4.23. The van der Waals surface area contributed by atoms with Crippen molar-refractivity contribution < 1.29 is 4.42 Å². The lowest BCUT2D eigenvalue weighted by Crippen LogP contribution is -2.35. The number of fused-ring (bicyclic) bond motifs is 1. The van der Waals surface area contributed by atoms with Crippen molar-refractivity contribution in [3.8, 4) is 0 Å². The van der Waals surface area contributed by atoms with Gasteiger partial charge in [-0.1, -0.05) is 19.4 Å². The number of hydrogen-bond acceptors (Lipinski definition) is 4. The maximum Gasteiger partial charge on any atom is 0.295 e. The van der Waals surface area contributed by atoms with Crippen LogP contribution in [0.5, 0.6) is 0 Å². The third-order valence-corrected chi connectivity index (χ3v) is 4.23. The summed E-state index contributed by atoms with van der Waals surface area (Å²) in [7, 11) is 0. The third kappa shape index (κ3) is 1.82. The molecule has 3 N–H and O–H groups in total. The molecule has 0 aliphatic heterocycles. The number of aromatic nitrogens is 1. The van der Waals surface area contributed by atoms with Gasteiger partial charge in [0.15, 0.2) is 5.58 Å². The molecule has 0 atom stereocenters. The van der Waals surface area contributed by atoms with Gasteiger partial charge in [-0.05, 0) is 36.8 Å². The summed E-state index contributed by atoms with van der Waals surface area (Å²) < 4.78 is 5.66. The minimum Gasteiger partial charge on any atom is -0.423 e. The van der Waals surface area contributed by atoms with E-state index in [9.17, 15) is 0 Å². The lowest BCUT2D eigenvalue weighted by Gasteiger charge is -2.41. The number of rotatable bonds is 4. The van der Waals surface area contributed by atoms with E-state index in [1.165, 1.54) is 25.7 Å². The number of anilines is 2. The van der Waals surface area contributed by atoms with Crippen LogP contribution in [-0.2, 0) is 0 Å². The smallest absolute Gasteiger partial charge is 0.295 e. The first-order valence-corrected chi connectivity index (χ1v) is 6.61. The summed E-state index contributed by atoms with van der Waals surface area (Å²) in [5.74, 6) is 0. The molecule has 18 heavy (non-hydrogen) atoms. The Balaban J connectivity index is 1.77. The van der Waals surface area contributed by atoms with Crippen LogP contribution in [0.2, 0.25) is 0 Å². The molecule has 1 aliphatic carbocycles. The normalized spacial score (nSPS) is 17.6. The van der Waals surface area contributed by atoms with Crippen LogP contribution < -0.4 is 11.1 Å². The lowest BCUT2D eigenvalue weighted by molar-refractivity contribution is 0.144. The van der Waals surface area contributed by atoms with Gasteiger partial charge < -0.3 is 15.5 Å². The zero-order valence-corrected chi connectivity index (χ0v) is 10.7. The van der Waals surface area contributed by atoms with Crippen LogP contribution in [0.25, 0.3) is 11.1 Å². The molecule has 96 valence electrons. The number of oxazole rings is 1. The molecule has 4 nitrogen and oxygen atoms in total. The molecular weight excluding hydrogens is 226 g/mol. The molecule has 3 rings (SSSR count). The van der Waals surface area contributed by atoms with E-state index in [-0.39, 0.29) is 0 Å². The first kappa shape index (κ1) is 11.4. The Bertz CT molecular complexity index is 552. The maximum absolute atomic E-state index is 5.86. The highest BCUT2D eigenvalue weighted by Gasteiger charge is 2.35. The first-order chi connectivity index (χ1) is 8.72. The fourth-order valence-electron chi connectivity index (χ4n) is 2.64. The maximum atomic E-state index is 5.86. The molecule has 1 fully saturated rings. The van der Waals surface area contributed by atoms with Crippen LogP contribution in [0.4, 0.5) is 11.7 Å². The predicted molar refractivity (Wildman–Crippen MR) is 73.5 cm³/mol. The van der Waals surface area contributed by atoms with Crippen molar-refractivity contribution in [1.29, 1.82) is 0 Å². The van der Waals surface area contributed by atoms with Gasteiger partial charge in [-0.3, -0.25) is 0 Å². The van der Waals surface area contributed by atoms with Crippen molar-refractivity contribution in [1.82, 2.24) is 4.98 Å². The molecule has 2 aromatic rings. The van der Waals surface area contributed by atoms with Crippen molar-refractivity contribution >= 4 is 22.8 Å². The zero-order valence-electron chi connectivity index (χ0n) is 10.7. The van der Waals surface area contributed by atoms with Crippen molar-refractivity contribution in [3.05, 3.63) is 18.2 Å². The second-order valence-corrected chi connectivity index (χ2v) is 5.27. The van der Waals surface area contributed by atoms with E-state index in [1.54, 1.807) is 0 Å². The molecule has 1 saturated carbocycles. The molecule has 4 heteroatoms. The quantitative estimate of drug-likeness (QED) is 0.810.